The number of pyridine rings is 1. The lowest BCUT2D eigenvalue weighted by molar-refractivity contribution is -0.0262. The van der Waals surface area contributed by atoms with Crippen LogP contribution in [0, 0.1) is 18.6 Å². The Bertz CT molecular complexity index is 1070. The third-order valence-electron chi connectivity index (χ3n) is 4.62. The molecule has 7 heteroatoms. The largest absolute Gasteiger partial charge is 0.359 e. The fraction of sp³-hybridized carbons (Fsp3) is 0.211. The summed E-state index contributed by atoms with van der Waals surface area (Å²) in [6.45, 7) is 0.910. The van der Waals surface area contributed by atoms with Gasteiger partial charge in [0.25, 0.3) is 5.92 Å². The van der Waals surface area contributed by atoms with Crippen molar-refractivity contribution in [3.8, 4) is 11.3 Å². The molecule has 0 bridgehead atoms. The molecule has 1 aromatic heterocycles. The molecule has 1 N–H and O–H groups in total. The van der Waals surface area contributed by atoms with Gasteiger partial charge in [0.15, 0.2) is 5.43 Å². The number of aromatic nitrogens is 1. The van der Waals surface area contributed by atoms with Crippen LogP contribution in [0.4, 0.5) is 23.2 Å². The number of hydrogen-bond donors (Lipinski definition) is 1. The van der Waals surface area contributed by atoms with Crippen LogP contribution in [0.5, 0.6) is 0 Å². The highest BCUT2D eigenvalue weighted by atomic mass is 19.3. The van der Waals surface area contributed by atoms with Gasteiger partial charge in [-0.15, -0.1) is 0 Å². The van der Waals surface area contributed by atoms with Crippen LogP contribution in [0.1, 0.15) is 5.56 Å². The molecule has 0 radical (unpaired) electrons. The van der Waals surface area contributed by atoms with Gasteiger partial charge in [-0.05, 0) is 30.7 Å². The van der Waals surface area contributed by atoms with Gasteiger partial charge in [0.2, 0.25) is 0 Å². The van der Waals surface area contributed by atoms with Crippen LogP contribution in [0.3, 0.4) is 0 Å². The van der Waals surface area contributed by atoms with Gasteiger partial charge in [0, 0.05) is 17.3 Å². The van der Waals surface area contributed by atoms with E-state index in [1.54, 1.807) is 36.1 Å². The van der Waals surface area contributed by atoms with Gasteiger partial charge < -0.3 is 9.88 Å². The minimum Gasteiger partial charge on any atom is -0.359 e. The van der Waals surface area contributed by atoms with Crippen molar-refractivity contribution >= 4 is 16.6 Å². The van der Waals surface area contributed by atoms with Gasteiger partial charge in [-0.3, -0.25) is 4.79 Å². The van der Waals surface area contributed by atoms with E-state index in [-0.39, 0.29) is 24.0 Å². The first kappa shape index (κ1) is 16.6. The predicted molar refractivity (Wildman–Crippen MR) is 91.8 cm³/mol. The van der Waals surface area contributed by atoms with Crippen LogP contribution in [-0.2, 0) is 0 Å². The van der Waals surface area contributed by atoms with Crippen molar-refractivity contribution in [1.82, 2.24) is 4.98 Å². The summed E-state index contributed by atoms with van der Waals surface area (Å²) in [5.41, 5.74) is 1.57. The number of anilines is 1. The first-order valence-corrected chi connectivity index (χ1v) is 8.00. The standard InChI is InChI=1S/C19H14F4N2O/c1-10-17(24-15-7-12(20)6-14(21)16(15)18(10)26)11-2-4-13(5-3-11)25-8-19(22,23)9-25/h2-7H,8-9H2,1H3,(H,24,26). The van der Waals surface area contributed by atoms with Crippen LogP contribution in [0.15, 0.2) is 41.2 Å². The van der Waals surface area contributed by atoms with E-state index in [4.69, 9.17) is 0 Å². The summed E-state index contributed by atoms with van der Waals surface area (Å²) < 4.78 is 53.4. The van der Waals surface area contributed by atoms with Crippen molar-refractivity contribution in [2.24, 2.45) is 0 Å². The average Bonchev–Trinajstić information content (AvgIpc) is 2.55. The Morgan fingerprint density at radius 3 is 2.35 bits per heavy atom. The Morgan fingerprint density at radius 2 is 1.73 bits per heavy atom. The van der Waals surface area contributed by atoms with Crippen LogP contribution in [-0.4, -0.2) is 24.0 Å². The van der Waals surface area contributed by atoms with Crippen LogP contribution < -0.4 is 10.3 Å². The lowest BCUT2D eigenvalue weighted by Crippen LogP contribution is -2.56. The van der Waals surface area contributed by atoms with E-state index >= 15 is 0 Å². The number of nitrogens with zero attached hydrogens (tertiary/aromatic N) is 1. The molecule has 0 unspecified atom stereocenters. The molecule has 4 rings (SSSR count). The molecule has 0 atom stereocenters. The van der Waals surface area contributed by atoms with Gasteiger partial charge in [0.05, 0.1) is 29.7 Å². The third kappa shape index (κ3) is 2.64. The molecule has 134 valence electrons. The molecule has 0 saturated carbocycles. The van der Waals surface area contributed by atoms with Crippen molar-refractivity contribution in [3.63, 3.8) is 0 Å². The van der Waals surface area contributed by atoms with Crippen molar-refractivity contribution in [1.29, 1.82) is 0 Å². The Balaban J connectivity index is 1.77. The average molecular weight is 362 g/mol. The third-order valence-corrected chi connectivity index (χ3v) is 4.62. The molecular weight excluding hydrogens is 348 g/mol. The van der Waals surface area contributed by atoms with Gasteiger partial charge in [0.1, 0.15) is 11.6 Å². The molecule has 26 heavy (non-hydrogen) atoms. The quantitative estimate of drug-likeness (QED) is 0.693. The molecule has 0 aliphatic carbocycles. The first-order valence-electron chi connectivity index (χ1n) is 8.00. The Morgan fingerprint density at radius 1 is 1.08 bits per heavy atom. The van der Waals surface area contributed by atoms with Gasteiger partial charge in [-0.1, -0.05) is 12.1 Å². The molecule has 1 saturated heterocycles. The normalized spacial score (nSPS) is 16.0. The monoisotopic (exact) mass is 362 g/mol. The van der Waals surface area contributed by atoms with E-state index in [9.17, 15) is 22.4 Å². The van der Waals surface area contributed by atoms with Gasteiger partial charge in [-0.2, -0.15) is 0 Å². The van der Waals surface area contributed by atoms with Gasteiger partial charge >= 0.3 is 0 Å². The Kier molecular flexibility index (Phi) is 3.57. The number of benzene rings is 2. The van der Waals surface area contributed by atoms with Crippen molar-refractivity contribution in [2.75, 3.05) is 18.0 Å². The zero-order valence-corrected chi connectivity index (χ0v) is 13.7. The molecule has 1 fully saturated rings. The zero-order chi connectivity index (χ0) is 18.6. The van der Waals surface area contributed by atoms with E-state index in [1.165, 1.54) is 0 Å². The van der Waals surface area contributed by atoms with E-state index in [0.29, 0.717) is 28.6 Å². The summed E-state index contributed by atoms with van der Waals surface area (Å²) in [5.74, 6) is -4.35. The number of H-pyrrole nitrogens is 1. The van der Waals surface area contributed by atoms with E-state index in [1.807, 2.05) is 0 Å². The molecule has 1 aliphatic heterocycles. The molecule has 0 amide bonds. The molecule has 0 spiro atoms. The first-order chi connectivity index (χ1) is 12.2. The number of halogens is 4. The lowest BCUT2D eigenvalue weighted by Gasteiger charge is -2.40. The number of hydrogen-bond acceptors (Lipinski definition) is 2. The van der Waals surface area contributed by atoms with E-state index in [2.05, 4.69) is 4.98 Å². The summed E-state index contributed by atoms with van der Waals surface area (Å²) in [7, 11) is 0. The van der Waals surface area contributed by atoms with Crippen LogP contribution in [0.25, 0.3) is 22.2 Å². The minimum absolute atomic E-state index is 0.0690. The molecule has 3 nitrogen and oxygen atoms in total. The minimum atomic E-state index is -2.66. The summed E-state index contributed by atoms with van der Waals surface area (Å²) in [6.07, 6.45) is 0. The summed E-state index contributed by atoms with van der Waals surface area (Å²) >= 11 is 0. The fourth-order valence-corrected chi connectivity index (χ4v) is 3.25. The van der Waals surface area contributed by atoms with Crippen LogP contribution in [0.2, 0.25) is 0 Å². The van der Waals surface area contributed by atoms with Crippen molar-refractivity contribution < 1.29 is 17.6 Å². The second-order valence-corrected chi connectivity index (χ2v) is 6.52. The lowest BCUT2D eigenvalue weighted by atomic mass is 10.0. The smallest absolute Gasteiger partial charge is 0.282 e. The zero-order valence-electron chi connectivity index (χ0n) is 13.7. The summed E-state index contributed by atoms with van der Waals surface area (Å²) in [5, 5.41) is -0.188. The second-order valence-electron chi connectivity index (χ2n) is 6.52. The number of aromatic amines is 1. The molecule has 2 heterocycles. The maximum atomic E-state index is 13.9. The molecule has 2 aromatic carbocycles. The second kappa shape index (κ2) is 5.59. The van der Waals surface area contributed by atoms with Gasteiger partial charge in [-0.25, -0.2) is 17.6 Å². The summed E-state index contributed by atoms with van der Waals surface area (Å²) in [4.78, 5) is 16.9. The van der Waals surface area contributed by atoms with Crippen molar-refractivity contribution in [2.45, 2.75) is 12.8 Å². The molecular formula is C19H14F4N2O. The number of fused-ring (bicyclic) bond motifs is 1. The maximum absolute atomic E-state index is 13.9. The molecule has 3 aromatic rings. The highest BCUT2D eigenvalue weighted by molar-refractivity contribution is 5.84. The van der Waals surface area contributed by atoms with Crippen LogP contribution >= 0.6 is 0 Å². The SMILES string of the molecule is Cc1c(-c2ccc(N3CC(F)(F)C3)cc2)[nH]c2cc(F)cc(F)c2c1=O. The van der Waals surface area contributed by atoms with Crippen molar-refractivity contribution in [3.05, 3.63) is 63.8 Å². The fourth-order valence-electron chi connectivity index (χ4n) is 3.25. The highest BCUT2D eigenvalue weighted by Crippen LogP contribution is 2.33. The van der Waals surface area contributed by atoms with E-state index < -0.39 is 23.0 Å². The molecule has 1 aliphatic rings. The highest BCUT2D eigenvalue weighted by Gasteiger charge is 2.43. The Labute approximate surface area is 145 Å². The number of rotatable bonds is 2. The topological polar surface area (TPSA) is 36.1 Å². The summed E-state index contributed by atoms with van der Waals surface area (Å²) in [6, 6.07) is 8.47. The Hall–Kier alpha value is -2.83. The predicted octanol–water partition coefficient (Wildman–Crippen LogP) is 4.24. The maximum Gasteiger partial charge on any atom is 0.282 e. The van der Waals surface area contributed by atoms with E-state index in [0.717, 1.165) is 6.07 Å². The number of nitrogens with one attached hydrogen (secondary N) is 1. The number of alkyl halides is 2.